The van der Waals surface area contributed by atoms with Crippen molar-refractivity contribution < 1.29 is 18.0 Å². The number of aliphatic imine (C=N–C) groups is 1. The van der Waals surface area contributed by atoms with Gasteiger partial charge in [0.2, 0.25) is 0 Å². The van der Waals surface area contributed by atoms with E-state index in [1.54, 1.807) is 0 Å². The number of carbonyl (C=O) groups excluding carboxylic acids is 1. The van der Waals surface area contributed by atoms with Gasteiger partial charge in [0.05, 0.1) is 16.8 Å². The smallest absolute Gasteiger partial charge is 0.387 e. The molecular weight excluding hydrogens is 383 g/mol. The first kappa shape index (κ1) is 22.7. The zero-order valence-electron chi connectivity index (χ0n) is 16.3. The van der Waals surface area contributed by atoms with Crippen LogP contribution in [-0.2, 0) is 11.0 Å². The number of rotatable bonds is 5. The third kappa shape index (κ3) is 7.77. The van der Waals surface area contributed by atoms with Crippen molar-refractivity contribution in [1.82, 2.24) is 10.6 Å². The molecule has 9 heteroatoms. The summed E-state index contributed by atoms with van der Waals surface area (Å²) in [5, 5.41) is 6.24. The Bertz CT molecular complexity index is 715. The van der Waals surface area contributed by atoms with Crippen LogP contribution in [0.1, 0.15) is 44.1 Å². The van der Waals surface area contributed by atoms with Crippen molar-refractivity contribution in [3.63, 3.8) is 0 Å². The van der Waals surface area contributed by atoms with E-state index in [1.807, 2.05) is 0 Å². The minimum Gasteiger partial charge on any atom is -0.387 e. The van der Waals surface area contributed by atoms with Gasteiger partial charge >= 0.3 is 6.18 Å². The number of nitrogens with one attached hydrogen (secondary N) is 2. The van der Waals surface area contributed by atoms with E-state index in [4.69, 9.17) is 11.5 Å². The highest BCUT2D eigenvalue weighted by atomic mass is 19.4. The molecular formula is C20H28F3N5O. The van der Waals surface area contributed by atoms with E-state index in [0.717, 1.165) is 37.8 Å². The number of alkyl halides is 3. The maximum absolute atomic E-state index is 12.6. The number of amides is 1. The summed E-state index contributed by atoms with van der Waals surface area (Å²) in [5.74, 6) is -0.896. The van der Waals surface area contributed by atoms with Gasteiger partial charge in [-0.15, -0.1) is 0 Å². The first-order valence-corrected chi connectivity index (χ1v) is 9.76. The molecule has 29 heavy (non-hydrogen) atoms. The lowest BCUT2D eigenvalue weighted by Gasteiger charge is -2.22. The van der Waals surface area contributed by atoms with E-state index >= 15 is 0 Å². The van der Waals surface area contributed by atoms with Gasteiger partial charge in [0, 0.05) is 12.2 Å². The summed E-state index contributed by atoms with van der Waals surface area (Å²) in [6.07, 6.45) is 3.84. The predicted octanol–water partition coefficient (Wildman–Crippen LogP) is 2.97. The molecule has 0 aromatic heterocycles. The molecule has 0 atom stereocenters. The normalized spacial score (nSPS) is 18.3. The summed E-state index contributed by atoms with van der Waals surface area (Å²) in [4.78, 5) is 15.6. The van der Waals surface area contributed by atoms with Gasteiger partial charge in [-0.3, -0.25) is 4.79 Å². The van der Waals surface area contributed by atoms with Crippen LogP contribution in [0.25, 0.3) is 0 Å². The van der Waals surface area contributed by atoms with Crippen LogP contribution in [0.4, 0.5) is 18.9 Å². The molecule has 1 aliphatic heterocycles. The Kier molecular flexibility index (Phi) is 8.50. The zero-order valence-corrected chi connectivity index (χ0v) is 16.3. The third-order valence-electron chi connectivity index (χ3n) is 4.76. The molecule has 1 saturated heterocycles. The topological polar surface area (TPSA) is 106 Å². The molecule has 0 radical (unpaired) electrons. The monoisotopic (exact) mass is 411 g/mol. The summed E-state index contributed by atoms with van der Waals surface area (Å²) in [5.41, 5.74) is 10.6. The van der Waals surface area contributed by atoms with E-state index in [1.165, 1.54) is 44.3 Å². The number of hydrogen-bond donors (Lipinski definition) is 4. The van der Waals surface area contributed by atoms with Crippen molar-refractivity contribution in [2.75, 3.05) is 13.1 Å². The summed E-state index contributed by atoms with van der Waals surface area (Å²) < 4.78 is 37.7. The van der Waals surface area contributed by atoms with E-state index in [9.17, 15) is 18.0 Å². The number of hydrogen-bond acceptors (Lipinski definition) is 4. The molecule has 2 fully saturated rings. The van der Waals surface area contributed by atoms with Gasteiger partial charge < -0.3 is 22.1 Å². The van der Waals surface area contributed by atoms with Crippen LogP contribution in [0.15, 0.2) is 41.0 Å². The highest BCUT2D eigenvalue weighted by Crippen LogP contribution is 2.30. The largest absolute Gasteiger partial charge is 0.416 e. The van der Waals surface area contributed by atoms with Gasteiger partial charge in [-0.05, 0) is 56.6 Å². The molecule has 0 bridgehead atoms. The molecule has 1 aromatic carbocycles. The minimum atomic E-state index is -4.42. The van der Waals surface area contributed by atoms with Gasteiger partial charge in [0.25, 0.3) is 5.91 Å². The molecule has 160 valence electrons. The predicted molar refractivity (Wildman–Crippen MR) is 107 cm³/mol. The third-order valence-corrected chi connectivity index (χ3v) is 4.76. The molecule has 1 heterocycles. The Labute approximate surface area is 168 Å². The lowest BCUT2D eigenvalue weighted by atomic mass is 9.95. The molecule has 6 N–H and O–H groups in total. The molecule has 0 unspecified atom stereocenters. The minimum absolute atomic E-state index is 0.00507. The molecule has 1 saturated carbocycles. The zero-order chi connectivity index (χ0) is 21.3. The molecule has 3 rings (SSSR count). The van der Waals surface area contributed by atoms with E-state index in [2.05, 4.69) is 15.6 Å². The average Bonchev–Trinajstić information content (AvgIpc) is 2.61. The summed E-state index contributed by atoms with van der Waals surface area (Å²) in [6.45, 7) is 2.50. The van der Waals surface area contributed by atoms with Gasteiger partial charge in [-0.1, -0.05) is 19.3 Å². The van der Waals surface area contributed by atoms with Crippen LogP contribution in [0, 0.1) is 0 Å². The van der Waals surface area contributed by atoms with Crippen molar-refractivity contribution in [3.05, 3.63) is 41.6 Å². The number of nitrogens with zero attached hydrogens (tertiary/aromatic N) is 1. The second kappa shape index (κ2) is 10.8. The lowest BCUT2D eigenvalue weighted by molar-refractivity contribution is -0.137. The van der Waals surface area contributed by atoms with Crippen molar-refractivity contribution in [3.8, 4) is 0 Å². The quantitative estimate of drug-likeness (QED) is 0.340. The SMILES string of the molecule is C1CNC1.NC(=O)/C(=C/NC1CCCCC1)C(N)=Nc1ccc(C(F)(F)F)cc1. The maximum atomic E-state index is 12.6. The summed E-state index contributed by atoms with van der Waals surface area (Å²) in [7, 11) is 0. The number of amidine groups is 1. The van der Waals surface area contributed by atoms with Crippen molar-refractivity contribution >= 4 is 17.4 Å². The second-order valence-electron chi connectivity index (χ2n) is 7.07. The molecule has 0 spiro atoms. The number of carbonyl (C=O) groups is 1. The molecule has 1 aliphatic carbocycles. The van der Waals surface area contributed by atoms with Gasteiger partial charge in [0.1, 0.15) is 5.84 Å². The first-order valence-electron chi connectivity index (χ1n) is 9.76. The van der Waals surface area contributed by atoms with Gasteiger partial charge in [-0.2, -0.15) is 13.2 Å². The molecule has 1 amide bonds. The van der Waals surface area contributed by atoms with E-state index in [0.29, 0.717) is 0 Å². The highest BCUT2D eigenvalue weighted by molar-refractivity contribution is 6.20. The Morgan fingerprint density at radius 3 is 2.07 bits per heavy atom. The second-order valence-corrected chi connectivity index (χ2v) is 7.07. The molecule has 1 aromatic rings. The van der Waals surface area contributed by atoms with Crippen molar-refractivity contribution in [2.24, 2.45) is 16.5 Å². The number of primary amides is 1. The van der Waals surface area contributed by atoms with Crippen LogP contribution in [0.3, 0.4) is 0 Å². The first-order chi connectivity index (χ1) is 13.8. The van der Waals surface area contributed by atoms with E-state index < -0.39 is 17.6 Å². The lowest BCUT2D eigenvalue weighted by Crippen LogP contribution is -2.32. The van der Waals surface area contributed by atoms with Crippen LogP contribution < -0.4 is 22.1 Å². The maximum Gasteiger partial charge on any atom is 0.416 e. The number of halogens is 3. The number of nitrogens with two attached hydrogens (primary N) is 2. The van der Waals surface area contributed by atoms with Crippen LogP contribution in [0.2, 0.25) is 0 Å². The van der Waals surface area contributed by atoms with E-state index in [-0.39, 0.29) is 23.1 Å². The molecule has 6 nitrogen and oxygen atoms in total. The fourth-order valence-electron chi connectivity index (χ4n) is 2.84. The van der Waals surface area contributed by atoms with Gasteiger partial charge in [0.15, 0.2) is 0 Å². The molecule has 2 aliphatic rings. The number of benzene rings is 1. The Morgan fingerprint density at radius 1 is 1.07 bits per heavy atom. The standard InChI is InChI=1S/C17H21F3N4O.C3H7N/c18-17(19,20)11-6-8-13(9-7-11)24-15(21)14(16(22)25)10-23-12-4-2-1-3-5-12;1-2-4-3-1/h6-10,12,23H,1-5H2,(H2,21,24)(H2,22,25);4H,1-3H2/b14-10+;. The highest BCUT2D eigenvalue weighted by Gasteiger charge is 2.29. The fraction of sp³-hybridized carbons (Fsp3) is 0.500. The average molecular weight is 411 g/mol. The summed E-state index contributed by atoms with van der Waals surface area (Å²) in [6, 6.07) is 4.42. The van der Waals surface area contributed by atoms with Crippen LogP contribution >= 0.6 is 0 Å². The Hall–Kier alpha value is -2.55. The van der Waals surface area contributed by atoms with Crippen LogP contribution in [0.5, 0.6) is 0 Å². The fourth-order valence-corrected chi connectivity index (χ4v) is 2.84. The Morgan fingerprint density at radius 2 is 1.62 bits per heavy atom. The Balaban J connectivity index is 0.000000666. The summed E-state index contributed by atoms with van der Waals surface area (Å²) >= 11 is 0. The van der Waals surface area contributed by atoms with Gasteiger partial charge in [-0.25, -0.2) is 4.99 Å². The van der Waals surface area contributed by atoms with Crippen molar-refractivity contribution in [2.45, 2.75) is 50.7 Å². The van der Waals surface area contributed by atoms with Crippen LogP contribution in [-0.4, -0.2) is 30.9 Å². The van der Waals surface area contributed by atoms with Crippen molar-refractivity contribution in [1.29, 1.82) is 0 Å².